The first-order valence-corrected chi connectivity index (χ1v) is 9.78. The number of hydrogen-bond donors (Lipinski definition) is 2. The van der Waals surface area contributed by atoms with Crippen LogP contribution in [0.3, 0.4) is 0 Å². The van der Waals surface area contributed by atoms with E-state index in [1.54, 1.807) is 0 Å². The van der Waals surface area contributed by atoms with E-state index in [0.29, 0.717) is 18.8 Å². The van der Waals surface area contributed by atoms with E-state index in [1.807, 2.05) is 59.2 Å². The van der Waals surface area contributed by atoms with E-state index in [4.69, 9.17) is 17.0 Å². The number of para-hydroxylation sites is 1. The number of thiocarbonyl (C=S) groups is 1. The number of azo groups is 1. The van der Waals surface area contributed by atoms with Crippen molar-refractivity contribution in [3.05, 3.63) is 60.2 Å². The summed E-state index contributed by atoms with van der Waals surface area (Å²) in [6, 6.07) is 17.7. The van der Waals surface area contributed by atoms with E-state index in [1.165, 1.54) is 0 Å². The zero-order chi connectivity index (χ0) is 19.3. The van der Waals surface area contributed by atoms with Crippen molar-refractivity contribution >= 4 is 33.9 Å². The number of ether oxygens (including phenoxy) is 1. The van der Waals surface area contributed by atoms with Crippen LogP contribution in [0.4, 0.5) is 5.69 Å². The first-order valence-electron chi connectivity index (χ1n) is 9.37. The second-order valence-corrected chi connectivity index (χ2v) is 7.17. The smallest absolute Gasteiger partial charge is 0.221 e. The number of aromatic hydroxyl groups is 1. The molecule has 1 fully saturated rings. The number of rotatable bonds is 5. The lowest BCUT2D eigenvalue weighted by molar-refractivity contribution is 0.114. The van der Waals surface area contributed by atoms with Crippen molar-refractivity contribution in [2.75, 3.05) is 13.2 Å². The molecule has 0 radical (unpaired) electrons. The van der Waals surface area contributed by atoms with Gasteiger partial charge in [0.05, 0.1) is 18.2 Å². The summed E-state index contributed by atoms with van der Waals surface area (Å²) < 4.78 is 7.40. The number of nitrogens with zero attached hydrogens (tertiary/aromatic N) is 3. The summed E-state index contributed by atoms with van der Waals surface area (Å²) in [5.41, 5.74) is 2.42. The zero-order valence-electron chi connectivity index (χ0n) is 15.4. The highest BCUT2D eigenvalue weighted by molar-refractivity contribution is 7.80. The molecule has 1 aliphatic heterocycles. The quantitative estimate of drug-likeness (QED) is 0.493. The summed E-state index contributed by atoms with van der Waals surface area (Å²) in [7, 11) is 0. The maximum atomic E-state index is 10.8. The standard InChI is InChI=1S/C21H22N4O2S/c26-20-19(23-24-21(28)22-13-16-9-6-12-27-16)17-10-4-5-11-18(17)25(20)14-15-7-2-1-3-8-15/h1-5,7-8,10-11,16,26H,6,9,12-14H2,(H,22,28)/t16-/m1/s1. The molecule has 4 rings (SSSR count). The third kappa shape index (κ3) is 4.05. The van der Waals surface area contributed by atoms with E-state index < -0.39 is 0 Å². The minimum atomic E-state index is 0.0794. The lowest BCUT2D eigenvalue weighted by atomic mass is 10.2. The third-order valence-corrected chi connectivity index (χ3v) is 5.07. The maximum Gasteiger partial charge on any atom is 0.221 e. The predicted molar refractivity (Wildman–Crippen MR) is 113 cm³/mol. The van der Waals surface area contributed by atoms with Crippen LogP contribution >= 0.6 is 12.2 Å². The highest BCUT2D eigenvalue weighted by Crippen LogP contribution is 2.39. The summed E-state index contributed by atoms with van der Waals surface area (Å²) in [4.78, 5) is 0. The molecule has 0 unspecified atom stereocenters. The molecule has 2 N–H and O–H groups in total. The molecule has 144 valence electrons. The molecule has 28 heavy (non-hydrogen) atoms. The second kappa shape index (κ2) is 8.50. The molecule has 6 nitrogen and oxygen atoms in total. The van der Waals surface area contributed by atoms with Gasteiger partial charge in [0.2, 0.25) is 11.0 Å². The van der Waals surface area contributed by atoms with Crippen LogP contribution in [-0.4, -0.2) is 34.0 Å². The van der Waals surface area contributed by atoms with Crippen LogP contribution in [0.25, 0.3) is 10.9 Å². The average Bonchev–Trinajstić information content (AvgIpc) is 3.33. The molecule has 0 aliphatic carbocycles. The van der Waals surface area contributed by atoms with E-state index in [-0.39, 0.29) is 17.1 Å². The van der Waals surface area contributed by atoms with Gasteiger partial charge in [-0.2, -0.15) is 0 Å². The van der Waals surface area contributed by atoms with E-state index >= 15 is 0 Å². The molecule has 0 saturated carbocycles. The molecule has 1 atom stereocenters. The Morgan fingerprint density at radius 2 is 1.96 bits per heavy atom. The highest BCUT2D eigenvalue weighted by Gasteiger charge is 2.17. The van der Waals surface area contributed by atoms with Crippen molar-refractivity contribution in [3.63, 3.8) is 0 Å². The Bertz CT molecular complexity index is 994. The Balaban J connectivity index is 1.56. The van der Waals surface area contributed by atoms with Gasteiger partial charge in [0.1, 0.15) is 0 Å². The SMILES string of the molecule is Oc1c(N=NC(=S)NC[C@H]2CCCO2)c2ccccc2n1Cc1ccccc1. The Morgan fingerprint density at radius 1 is 1.18 bits per heavy atom. The Labute approximate surface area is 168 Å². The summed E-state index contributed by atoms with van der Waals surface area (Å²) in [5.74, 6) is 0.0794. The summed E-state index contributed by atoms with van der Waals surface area (Å²) >= 11 is 5.25. The third-order valence-electron chi connectivity index (χ3n) is 4.85. The fraction of sp³-hybridized carbons (Fsp3) is 0.286. The van der Waals surface area contributed by atoms with Gasteiger partial charge in [-0.15, -0.1) is 10.2 Å². The van der Waals surface area contributed by atoms with Crippen LogP contribution in [0.2, 0.25) is 0 Å². The molecule has 0 spiro atoms. The van der Waals surface area contributed by atoms with Crippen LogP contribution in [0.1, 0.15) is 18.4 Å². The topological polar surface area (TPSA) is 71.1 Å². The fourth-order valence-electron chi connectivity index (χ4n) is 3.43. The largest absolute Gasteiger partial charge is 0.493 e. The normalized spacial score (nSPS) is 16.8. The van der Waals surface area contributed by atoms with Crippen LogP contribution < -0.4 is 5.32 Å². The number of fused-ring (bicyclic) bond motifs is 1. The monoisotopic (exact) mass is 394 g/mol. The molecule has 1 saturated heterocycles. The predicted octanol–water partition coefficient (Wildman–Crippen LogP) is 4.53. The van der Waals surface area contributed by atoms with Crippen LogP contribution in [0.15, 0.2) is 64.8 Å². The second-order valence-electron chi connectivity index (χ2n) is 6.78. The molecule has 3 aromatic rings. The van der Waals surface area contributed by atoms with Gasteiger partial charge in [-0.05, 0) is 36.7 Å². The van der Waals surface area contributed by atoms with Crippen molar-refractivity contribution < 1.29 is 9.84 Å². The van der Waals surface area contributed by atoms with Crippen molar-refractivity contribution in [1.82, 2.24) is 9.88 Å². The molecule has 1 aliphatic rings. The van der Waals surface area contributed by atoms with Crippen LogP contribution in [-0.2, 0) is 11.3 Å². The number of aromatic nitrogens is 1. The van der Waals surface area contributed by atoms with Gasteiger partial charge in [-0.25, -0.2) is 0 Å². The van der Waals surface area contributed by atoms with E-state index in [0.717, 1.165) is 35.9 Å². The Hall–Kier alpha value is -2.77. The molecule has 2 aromatic carbocycles. The summed E-state index contributed by atoms with van der Waals surface area (Å²) in [5, 5.41) is 23.4. The minimum Gasteiger partial charge on any atom is -0.493 e. The Morgan fingerprint density at radius 3 is 2.75 bits per heavy atom. The molecular weight excluding hydrogens is 372 g/mol. The van der Waals surface area contributed by atoms with Gasteiger partial charge < -0.3 is 19.7 Å². The first-order chi connectivity index (χ1) is 13.7. The lowest BCUT2D eigenvalue weighted by Crippen LogP contribution is -2.29. The first kappa shape index (κ1) is 18.6. The van der Waals surface area contributed by atoms with Crippen LogP contribution in [0, 0.1) is 0 Å². The van der Waals surface area contributed by atoms with Crippen molar-refractivity contribution in [2.45, 2.75) is 25.5 Å². The molecular formula is C21H22N4O2S. The molecule has 1 aromatic heterocycles. The van der Waals surface area contributed by atoms with Crippen molar-refractivity contribution in [1.29, 1.82) is 0 Å². The average molecular weight is 395 g/mol. The minimum absolute atomic E-state index is 0.0794. The fourth-order valence-corrected chi connectivity index (χ4v) is 3.56. The van der Waals surface area contributed by atoms with E-state index in [9.17, 15) is 5.11 Å². The molecule has 0 bridgehead atoms. The van der Waals surface area contributed by atoms with Gasteiger partial charge in [-0.1, -0.05) is 48.5 Å². The zero-order valence-corrected chi connectivity index (χ0v) is 16.2. The number of nitrogens with one attached hydrogen (secondary N) is 1. The number of benzene rings is 2. The van der Waals surface area contributed by atoms with Crippen molar-refractivity contribution in [2.24, 2.45) is 10.2 Å². The number of hydrogen-bond acceptors (Lipinski definition) is 4. The van der Waals surface area contributed by atoms with Gasteiger partial charge in [-0.3, -0.25) is 0 Å². The van der Waals surface area contributed by atoms with Gasteiger partial charge in [0.25, 0.3) is 0 Å². The van der Waals surface area contributed by atoms with Gasteiger partial charge in [0.15, 0.2) is 5.69 Å². The van der Waals surface area contributed by atoms with Gasteiger partial charge in [0, 0.05) is 18.5 Å². The Kier molecular flexibility index (Phi) is 5.64. The maximum absolute atomic E-state index is 10.8. The lowest BCUT2D eigenvalue weighted by Gasteiger charge is -2.09. The molecule has 0 amide bonds. The van der Waals surface area contributed by atoms with Crippen molar-refractivity contribution in [3.8, 4) is 5.88 Å². The van der Waals surface area contributed by atoms with E-state index in [2.05, 4.69) is 15.5 Å². The summed E-state index contributed by atoms with van der Waals surface area (Å²) in [6.07, 6.45) is 2.28. The van der Waals surface area contributed by atoms with Gasteiger partial charge >= 0.3 is 0 Å². The molecule has 2 heterocycles. The highest BCUT2D eigenvalue weighted by atomic mass is 32.1. The molecule has 7 heteroatoms. The summed E-state index contributed by atoms with van der Waals surface area (Å²) in [6.45, 7) is 1.97. The van der Waals surface area contributed by atoms with Crippen LogP contribution in [0.5, 0.6) is 5.88 Å².